The van der Waals surface area contributed by atoms with Gasteiger partial charge in [-0.05, 0) is 51.6 Å². The highest BCUT2D eigenvalue weighted by Crippen LogP contribution is 2.27. The van der Waals surface area contributed by atoms with Gasteiger partial charge in [-0.1, -0.05) is 0 Å². The number of hydrogen-bond donors (Lipinski definition) is 0. The summed E-state index contributed by atoms with van der Waals surface area (Å²) in [5.74, 6) is -0.308. The summed E-state index contributed by atoms with van der Waals surface area (Å²) < 4.78 is 5.35. The summed E-state index contributed by atoms with van der Waals surface area (Å²) in [5.41, 5.74) is 0.759. The van der Waals surface area contributed by atoms with Gasteiger partial charge in [0.15, 0.2) is 0 Å². The van der Waals surface area contributed by atoms with Crippen molar-refractivity contribution < 1.29 is 9.53 Å². The minimum atomic E-state index is -0.406. The van der Waals surface area contributed by atoms with Gasteiger partial charge in [0.25, 0.3) is 0 Å². The molecule has 0 saturated heterocycles. The van der Waals surface area contributed by atoms with E-state index in [1.54, 1.807) is 11.3 Å². The number of hydrogen-bond acceptors (Lipinski definition) is 3. The van der Waals surface area contributed by atoms with Crippen LogP contribution in [0.2, 0.25) is 0 Å². The largest absolute Gasteiger partial charge is 0.459 e. The average Bonchev–Trinajstić information content (AvgIpc) is 2.47. The molecule has 3 heteroatoms. The van der Waals surface area contributed by atoms with Gasteiger partial charge >= 0.3 is 5.97 Å². The molecule has 0 saturated carbocycles. The van der Waals surface area contributed by atoms with Gasteiger partial charge in [0, 0.05) is 4.88 Å². The Morgan fingerprint density at radius 3 is 2.47 bits per heavy atom. The zero-order chi connectivity index (χ0) is 11.6. The van der Waals surface area contributed by atoms with Crippen molar-refractivity contribution in [1.82, 2.24) is 0 Å². The van der Waals surface area contributed by atoms with Gasteiger partial charge in [0.2, 0.25) is 0 Å². The number of carbonyl (C=O) groups is 1. The molecule has 0 spiro atoms. The van der Waals surface area contributed by atoms with Crippen LogP contribution < -0.4 is 0 Å². The third-order valence-corrected chi connectivity index (χ3v) is 3.26. The lowest BCUT2D eigenvalue weighted by Crippen LogP contribution is -2.26. The molecule has 1 aromatic rings. The van der Waals surface area contributed by atoms with Gasteiger partial charge in [0.1, 0.15) is 5.60 Å². The van der Waals surface area contributed by atoms with Crippen molar-refractivity contribution in [2.75, 3.05) is 0 Å². The van der Waals surface area contributed by atoms with Crippen LogP contribution >= 0.6 is 11.3 Å². The van der Waals surface area contributed by atoms with Crippen LogP contribution in [-0.4, -0.2) is 11.6 Å². The van der Waals surface area contributed by atoms with Crippen LogP contribution in [0.25, 0.3) is 0 Å². The van der Waals surface area contributed by atoms with Crippen LogP contribution in [0.5, 0.6) is 0 Å². The molecule has 84 valence electrons. The first-order chi connectivity index (χ1) is 6.81. The number of carbonyl (C=O) groups excluding carboxylic acids is 1. The van der Waals surface area contributed by atoms with Crippen molar-refractivity contribution in [3.05, 3.63) is 21.9 Å². The minimum absolute atomic E-state index is 0.145. The van der Waals surface area contributed by atoms with Gasteiger partial charge in [-0.2, -0.15) is 0 Å². The molecule has 15 heavy (non-hydrogen) atoms. The minimum Gasteiger partial charge on any atom is -0.459 e. The predicted octanol–water partition coefficient (Wildman–Crippen LogP) is 3.50. The zero-order valence-electron chi connectivity index (χ0n) is 9.96. The molecule has 0 bridgehead atoms. The molecule has 0 amide bonds. The van der Waals surface area contributed by atoms with Crippen molar-refractivity contribution in [1.29, 1.82) is 0 Å². The Bertz CT molecular complexity index is 347. The van der Waals surface area contributed by atoms with E-state index in [9.17, 15) is 4.79 Å². The van der Waals surface area contributed by atoms with Gasteiger partial charge in [-0.15, -0.1) is 11.3 Å². The van der Waals surface area contributed by atoms with Crippen molar-refractivity contribution in [2.45, 2.75) is 46.1 Å². The lowest BCUT2D eigenvalue weighted by Gasteiger charge is -2.22. The second-order valence-electron chi connectivity index (χ2n) is 4.72. The fourth-order valence-electron chi connectivity index (χ4n) is 1.33. The van der Waals surface area contributed by atoms with Gasteiger partial charge < -0.3 is 4.74 Å². The van der Waals surface area contributed by atoms with Crippen molar-refractivity contribution >= 4 is 17.3 Å². The first kappa shape index (κ1) is 12.2. The molecule has 1 aromatic heterocycles. The molecule has 0 aliphatic heterocycles. The molecular weight excluding hydrogens is 208 g/mol. The van der Waals surface area contributed by atoms with Crippen LogP contribution in [0.1, 0.15) is 44.1 Å². The predicted molar refractivity (Wildman–Crippen MR) is 63.3 cm³/mol. The van der Waals surface area contributed by atoms with Crippen molar-refractivity contribution in [3.63, 3.8) is 0 Å². The maximum absolute atomic E-state index is 11.8. The van der Waals surface area contributed by atoms with E-state index in [0.29, 0.717) is 0 Å². The molecule has 1 unspecified atom stereocenters. The molecule has 2 nitrogen and oxygen atoms in total. The van der Waals surface area contributed by atoms with Gasteiger partial charge in [0.05, 0.1) is 5.92 Å². The Morgan fingerprint density at radius 1 is 1.47 bits per heavy atom. The average molecular weight is 226 g/mol. The number of aryl methyl sites for hydroxylation is 1. The zero-order valence-corrected chi connectivity index (χ0v) is 10.8. The smallest absolute Gasteiger partial charge is 0.314 e. The van der Waals surface area contributed by atoms with Crippen molar-refractivity contribution in [2.24, 2.45) is 0 Å². The summed E-state index contributed by atoms with van der Waals surface area (Å²) in [6, 6.07) is 2.03. The topological polar surface area (TPSA) is 26.3 Å². The van der Waals surface area contributed by atoms with Crippen molar-refractivity contribution in [3.8, 4) is 0 Å². The number of ether oxygens (including phenoxy) is 1. The van der Waals surface area contributed by atoms with E-state index < -0.39 is 5.60 Å². The van der Waals surface area contributed by atoms with Crippen LogP contribution in [-0.2, 0) is 9.53 Å². The molecule has 1 rings (SSSR count). The van der Waals surface area contributed by atoms with E-state index in [0.717, 1.165) is 4.88 Å². The SMILES string of the molecule is Cc1ccsc1C(C)C(=O)OC(C)(C)C. The highest BCUT2D eigenvalue weighted by atomic mass is 32.1. The summed E-state index contributed by atoms with van der Waals surface area (Å²) in [6.07, 6.45) is 0. The Kier molecular flexibility index (Phi) is 3.55. The summed E-state index contributed by atoms with van der Waals surface area (Å²) in [6.45, 7) is 9.58. The first-order valence-corrected chi connectivity index (χ1v) is 5.96. The summed E-state index contributed by atoms with van der Waals surface area (Å²) in [4.78, 5) is 12.9. The van der Waals surface area contributed by atoms with E-state index in [-0.39, 0.29) is 11.9 Å². The van der Waals surface area contributed by atoms with E-state index in [1.165, 1.54) is 5.56 Å². The number of rotatable bonds is 2. The summed E-state index contributed by atoms with van der Waals surface area (Å²) in [5, 5.41) is 2.01. The first-order valence-electron chi connectivity index (χ1n) is 5.08. The van der Waals surface area contributed by atoms with E-state index in [1.807, 2.05) is 46.1 Å². The molecule has 0 aromatic carbocycles. The maximum Gasteiger partial charge on any atom is 0.314 e. The van der Waals surface area contributed by atoms with E-state index >= 15 is 0 Å². The second-order valence-corrected chi connectivity index (χ2v) is 5.67. The molecule has 0 N–H and O–H groups in total. The Morgan fingerprint density at radius 2 is 2.07 bits per heavy atom. The molecule has 0 aliphatic carbocycles. The number of thiophene rings is 1. The standard InChI is InChI=1S/C12H18O2S/c1-8-6-7-15-10(8)9(2)11(13)14-12(3,4)5/h6-7,9H,1-5H3. The number of esters is 1. The third kappa shape index (κ3) is 3.34. The van der Waals surface area contributed by atoms with E-state index in [2.05, 4.69) is 0 Å². The summed E-state index contributed by atoms with van der Waals surface area (Å²) in [7, 11) is 0. The molecule has 0 aliphatic rings. The molecular formula is C12H18O2S. The van der Waals surface area contributed by atoms with Crippen LogP contribution in [0.4, 0.5) is 0 Å². The monoisotopic (exact) mass is 226 g/mol. The maximum atomic E-state index is 11.8. The molecule has 0 radical (unpaired) electrons. The fraction of sp³-hybridized carbons (Fsp3) is 0.583. The Labute approximate surface area is 95.3 Å². The molecule has 1 heterocycles. The second kappa shape index (κ2) is 4.35. The van der Waals surface area contributed by atoms with Gasteiger partial charge in [-0.25, -0.2) is 0 Å². The molecule has 0 fully saturated rings. The fourth-order valence-corrected chi connectivity index (χ4v) is 2.30. The van der Waals surface area contributed by atoms with Crippen LogP contribution in [0, 0.1) is 6.92 Å². The highest BCUT2D eigenvalue weighted by Gasteiger charge is 2.24. The highest BCUT2D eigenvalue weighted by molar-refractivity contribution is 7.10. The summed E-state index contributed by atoms with van der Waals surface area (Å²) >= 11 is 1.61. The normalized spacial score (nSPS) is 13.7. The van der Waals surface area contributed by atoms with Gasteiger partial charge in [-0.3, -0.25) is 4.79 Å². The van der Waals surface area contributed by atoms with E-state index in [4.69, 9.17) is 4.74 Å². The Balaban J connectivity index is 2.74. The molecule has 1 atom stereocenters. The lowest BCUT2D eigenvalue weighted by molar-refractivity contribution is -0.156. The lowest BCUT2D eigenvalue weighted by atomic mass is 10.1. The van der Waals surface area contributed by atoms with Crippen LogP contribution in [0.15, 0.2) is 11.4 Å². The third-order valence-electron chi connectivity index (χ3n) is 2.06. The quantitative estimate of drug-likeness (QED) is 0.721. The Hall–Kier alpha value is -0.830. The van der Waals surface area contributed by atoms with Crippen LogP contribution in [0.3, 0.4) is 0 Å².